The molecule has 0 saturated heterocycles. The zero-order valence-electron chi connectivity index (χ0n) is 13.0. The van der Waals surface area contributed by atoms with Gasteiger partial charge in [0.25, 0.3) is 0 Å². The van der Waals surface area contributed by atoms with Crippen LogP contribution in [0.5, 0.6) is 0 Å². The number of nitrogens with one attached hydrogen (secondary N) is 2. The Hall–Kier alpha value is -1.71. The highest BCUT2D eigenvalue weighted by Gasteiger charge is 2.21. The molecule has 1 aromatic rings. The molecular weight excluding hydrogens is 262 g/mol. The highest BCUT2D eigenvalue weighted by molar-refractivity contribution is 5.80. The zero-order chi connectivity index (χ0) is 14.9. The van der Waals surface area contributed by atoms with Crippen molar-refractivity contribution >= 4 is 5.96 Å². The first-order chi connectivity index (χ1) is 10.3. The first-order valence-electron chi connectivity index (χ1n) is 7.97. The maximum Gasteiger partial charge on any atom is 0.191 e. The van der Waals surface area contributed by atoms with Gasteiger partial charge in [0.1, 0.15) is 5.76 Å². The first kappa shape index (κ1) is 15.7. The van der Waals surface area contributed by atoms with Crippen molar-refractivity contribution in [1.29, 1.82) is 0 Å². The molecule has 0 radical (unpaired) electrons. The second-order valence-electron chi connectivity index (χ2n) is 5.74. The van der Waals surface area contributed by atoms with Crippen molar-refractivity contribution in [3.8, 4) is 0 Å². The molecule has 4 nitrogen and oxygen atoms in total. The van der Waals surface area contributed by atoms with Crippen LogP contribution in [-0.2, 0) is 6.42 Å². The van der Waals surface area contributed by atoms with E-state index in [4.69, 9.17) is 4.42 Å². The SMILES string of the molecule is C=CCNC(=NCCc1ccco1)NC1CCCCC1C. The highest BCUT2D eigenvalue weighted by Crippen LogP contribution is 2.23. The second kappa shape index (κ2) is 8.55. The molecule has 1 saturated carbocycles. The molecule has 2 atom stereocenters. The van der Waals surface area contributed by atoms with Crippen LogP contribution < -0.4 is 10.6 Å². The first-order valence-corrected chi connectivity index (χ1v) is 7.97. The van der Waals surface area contributed by atoms with Crippen LogP contribution in [0.1, 0.15) is 38.4 Å². The standard InChI is InChI=1S/C17H27N3O/c1-3-11-18-17(19-12-10-15-8-6-13-21-15)20-16-9-5-4-7-14(16)2/h3,6,8,13-14,16H,1,4-5,7,9-12H2,2H3,(H2,18,19,20). The number of guanidine groups is 1. The predicted molar refractivity (Wildman–Crippen MR) is 87.5 cm³/mol. The largest absolute Gasteiger partial charge is 0.469 e. The number of hydrogen-bond acceptors (Lipinski definition) is 2. The molecule has 2 unspecified atom stereocenters. The Morgan fingerprint density at radius 3 is 3.05 bits per heavy atom. The Balaban J connectivity index is 1.87. The molecular formula is C17H27N3O. The van der Waals surface area contributed by atoms with Crippen LogP contribution in [-0.4, -0.2) is 25.1 Å². The summed E-state index contributed by atoms with van der Waals surface area (Å²) in [5.74, 6) is 2.58. The van der Waals surface area contributed by atoms with Crippen molar-refractivity contribution in [3.63, 3.8) is 0 Å². The van der Waals surface area contributed by atoms with Gasteiger partial charge >= 0.3 is 0 Å². The summed E-state index contributed by atoms with van der Waals surface area (Å²) in [5, 5.41) is 6.89. The molecule has 0 amide bonds. The quantitative estimate of drug-likeness (QED) is 0.480. The summed E-state index contributed by atoms with van der Waals surface area (Å²) in [5.41, 5.74) is 0. The van der Waals surface area contributed by atoms with Crippen molar-refractivity contribution in [2.45, 2.75) is 45.1 Å². The number of nitrogens with zero attached hydrogens (tertiary/aromatic N) is 1. The lowest BCUT2D eigenvalue weighted by Gasteiger charge is -2.30. The Morgan fingerprint density at radius 1 is 1.48 bits per heavy atom. The van der Waals surface area contributed by atoms with Gasteiger partial charge in [-0.15, -0.1) is 6.58 Å². The third-order valence-electron chi connectivity index (χ3n) is 4.06. The van der Waals surface area contributed by atoms with Gasteiger partial charge < -0.3 is 15.1 Å². The molecule has 1 aromatic heterocycles. The van der Waals surface area contributed by atoms with E-state index in [0.717, 1.165) is 31.2 Å². The van der Waals surface area contributed by atoms with Gasteiger partial charge in [0.05, 0.1) is 6.26 Å². The van der Waals surface area contributed by atoms with Crippen molar-refractivity contribution in [3.05, 3.63) is 36.8 Å². The third-order valence-corrected chi connectivity index (χ3v) is 4.06. The minimum atomic E-state index is 0.526. The van der Waals surface area contributed by atoms with E-state index in [1.165, 1.54) is 25.7 Å². The maximum atomic E-state index is 5.34. The van der Waals surface area contributed by atoms with Crippen LogP contribution in [0.25, 0.3) is 0 Å². The molecule has 0 bridgehead atoms. The van der Waals surface area contributed by atoms with E-state index in [1.54, 1.807) is 6.26 Å². The lowest BCUT2D eigenvalue weighted by molar-refractivity contribution is 0.307. The number of hydrogen-bond donors (Lipinski definition) is 2. The molecule has 2 N–H and O–H groups in total. The minimum Gasteiger partial charge on any atom is -0.469 e. The topological polar surface area (TPSA) is 49.6 Å². The fraction of sp³-hybridized carbons (Fsp3) is 0.588. The third kappa shape index (κ3) is 5.29. The van der Waals surface area contributed by atoms with Gasteiger partial charge in [0.2, 0.25) is 0 Å². The van der Waals surface area contributed by atoms with E-state index in [9.17, 15) is 0 Å². The fourth-order valence-electron chi connectivity index (χ4n) is 2.76. The van der Waals surface area contributed by atoms with Gasteiger partial charge in [0.15, 0.2) is 5.96 Å². The fourth-order valence-corrected chi connectivity index (χ4v) is 2.76. The number of furan rings is 1. The van der Waals surface area contributed by atoms with E-state index >= 15 is 0 Å². The van der Waals surface area contributed by atoms with Gasteiger partial charge in [-0.05, 0) is 30.9 Å². The molecule has 1 fully saturated rings. The van der Waals surface area contributed by atoms with Crippen LogP contribution in [0.3, 0.4) is 0 Å². The molecule has 4 heteroatoms. The van der Waals surface area contributed by atoms with Crippen molar-refractivity contribution in [2.24, 2.45) is 10.9 Å². The summed E-state index contributed by atoms with van der Waals surface area (Å²) in [6.07, 6.45) is 9.58. The Morgan fingerprint density at radius 2 is 2.33 bits per heavy atom. The Labute approximate surface area is 127 Å². The van der Waals surface area contributed by atoms with E-state index in [2.05, 4.69) is 29.1 Å². The molecule has 1 heterocycles. The predicted octanol–water partition coefficient (Wildman–Crippen LogP) is 3.12. The van der Waals surface area contributed by atoms with Gasteiger partial charge in [-0.3, -0.25) is 4.99 Å². The summed E-state index contributed by atoms with van der Waals surface area (Å²) < 4.78 is 5.34. The van der Waals surface area contributed by atoms with Gasteiger partial charge in [-0.2, -0.15) is 0 Å². The average molecular weight is 289 g/mol. The lowest BCUT2D eigenvalue weighted by atomic mass is 9.86. The second-order valence-corrected chi connectivity index (χ2v) is 5.74. The van der Waals surface area contributed by atoms with Crippen LogP contribution in [0.15, 0.2) is 40.5 Å². The van der Waals surface area contributed by atoms with Crippen LogP contribution in [0.4, 0.5) is 0 Å². The number of aliphatic imine (C=N–C) groups is 1. The monoisotopic (exact) mass is 289 g/mol. The van der Waals surface area contributed by atoms with Gasteiger partial charge in [-0.25, -0.2) is 0 Å². The van der Waals surface area contributed by atoms with Crippen LogP contribution in [0.2, 0.25) is 0 Å². The Bertz CT molecular complexity index is 439. The lowest BCUT2D eigenvalue weighted by Crippen LogP contribution is -2.47. The summed E-state index contributed by atoms with van der Waals surface area (Å²) >= 11 is 0. The van der Waals surface area contributed by atoms with Gasteiger partial charge in [0, 0.05) is 25.6 Å². The van der Waals surface area contributed by atoms with E-state index < -0.39 is 0 Å². The van der Waals surface area contributed by atoms with Crippen LogP contribution in [0, 0.1) is 5.92 Å². The number of rotatable bonds is 6. The van der Waals surface area contributed by atoms with E-state index in [0.29, 0.717) is 12.0 Å². The molecule has 116 valence electrons. The minimum absolute atomic E-state index is 0.526. The van der Waals surface area contributed by atoms with E-state index in [1.807, 2.05) is 18.2 Å². The zero-order valence-corrected chi connectivity index (χ0v) is 13.0. The summed E-state index contributed by atoms with van der Waals surface area (Å²) in [6.45, 7) is 7.53. The molecule has 2 rings (SSSR count). The van der Waals surface area contributed by atoms with Crippen molar-refractivity contribution in [1.82, 2.24) is 10.6 Å². The van der Waals surface area contributed by atoms with Crippen molar-refractivity contribution in [2.75, 3.05) is 13.1 Å². The van der Waals surface area contributed by atoms with Gasteiger partial charge in [-0.1, -0.05) is 25.8 Å². The smallest absolute Gasteiger partial charge is 0.191 e. The molecule has 1 aliphatic rings. The molecule has 0 aromatic carbocycles. The molecule has 0 spiro atoms. The summed E-state index contributed by atoms with van der Waals surface area (Å²) in [7, 11) is 0. The summed E-state index contributed by atoms with van der Waals surface area (Å²) in [6, 6.07) is 4.43. The Kier molecular flexibility index (Phi) is 6.38. The van der Waals surface area contributed by atoms with Crippen molar-refractivity contribution < 1.29 is 4.42 Å². The van der Waals surface area contributed by atoms with E-state index in [-0.39, 0.29) is 0 Å². The molecule has 21 heavy (non-hydrogen) atoms. The summed E-state index contributed by atoms with van der Waals surface area (Å²) in [4.78, 5) is 4.65. The molecule has 0 aliphatic heterocycles. The maximum absolute atomic E-state index is 5.34. The normalized spacial score (nSPS) is 22.8. The average Bonchev–Trinajstić information content (AvgIpc) is 3.00. The highest BCUT2D eigenvalue weighted by atomic mass is 16.3. The molecule has 1 aliphatic carbocycles. The van der Waals surface area contributed by atoms with Crippen LogP contribution >= 0.6 is 0 Å².